The van der Waals surface area contributed by atoms with Crippen molar-refractivity contribution in [2.45, 2.75) is 24.2 Å². The van der Waals surface area contributed by atoms with Crippen LogP contribution in [0.3, 0.4) is 0 Å². The Bertz CT molecular complexity index is 972. The molecular formula is C19H20ClN3O5S. The maximum absolute atomic E-state index is 12.6. The van der Waals surface area contributed by atoms with Crippen LogP contribution in [0.15, 0.2) is 47.5 Å². The van der Waals surface area contributed by atoms with Gasteiger partial charge in [-0.1, -0.05) is 18.0 Å². The van der Waals surface area contributed by atoms with E-state index in [2.05, 4.69) is 10.3 Å². The number of aromatic nitrogens is 1. The Morgan fingerprint density at radius 3 is 2.38 bits per heavy atom. The van der Waals surface area contributed by atoms with Crippen molar-refractivity contribution in [2.24, 2.45) is 0 Å². The van der Waals surface area contributed by atoms with Crippen molar-refractivity contribution in [1.82, 2.24) is 9.29 Å². The van der Waals surface area contributed by atoms with Gasteiger partial charge < -0.3 is 10.1 Å². The summed E-state index contributed by atoms with van der Waals surface area (Å²) in [6.45, 7) is 0.555. The average Bonchev–Trinajstić information content (AvgIpc) is 2.73. The highest BCUT2D eigenvalue weighted by atomic mass is 35.5. The van der Waals surface area contributed by atoms with Gasteiger partial charge in [-0.2, -0.15) is 4.31 Å². The molecule has 1 aromatic carbocycles. The van der Waals surface area contributed by atoms with Gasteiger partial charge in [0.25, 0.3) is 5.91 Å². The van der Waals surface area contributed by atoms with E-state index in [0.717, 1.165) is 19.3 Å². The van der Waals surface area contributed by atoms with Gasteiger partial charge >= 0.3 is 5.97 Å². The van der Waals surface area contributed by atoms with Gasteiger partial charge in [0, 0.05) is 25.0 Å². The molecule has 1 aliphatic rings. The first-order valence-corrected chi connectivity index (χ1v) is 10.9. The molecule has 154 valence electrons. The number of anilines is 1. The Kier molecular flexibility index (Phi) is 6.83. The summed E-state index contributed by atoms with van der Waals surface area (Å²) in [6, 6.07) is 8.78. The second-order valence-electron chi connectivity index (χ2n) is 6.48. The lowest BCUT2D eigenvalue weighted by Crippen LogP contribution is -2.35. The molecule has 0 atom stereocenters. The van der Waals surface area contributed by atoms with E-state index in [-0.39, 0.29) is 15.6 Å². The Labute approximate surface area is 173 Å². The number of benzene rings is 1. The molecule has 0 aliphatic carbocycles. The zero-order chi connectivity index (χ0) is 20.9. The monoisotopic (exact) mass is 437 g/mol. The molecule has 10 heteroatoms. The van der Waals surface area contributed by atoms with Gasteiger partial charge in [-0.25, -0.2) is 18.2 Å². The van der Waals surface area contributed by atoms with Gasteiger partial charge in [-0.3, -0.25) is 4.79 Å². The number of pyridine rings is 1. The summed E-state index contributed by atoms with van der Waals surface area (Å²) in [7, 11) is -3.53. The number of nitrogens with one attached hydrogen (secondary N) is 1. The van der Waals surface area contributed by atoms with Crippen LogP contribution in [0.25, 0.3) is 0 Å². The molecule has 0 saturated carbocycles. The van der Waals surface area contributed by atoms with Gasteiger partial charge in [-0.05, 0) is 49.2 Å². The van der Waals surface area contributed by atoms with Crippen molar-refractivity contribution in [3.05, 3.63) is 53.3 Å². The smallest absolute Gasteiger partial charge is 0.340 e. The minimum Gasteiger partial charge on any atom is -0.452 e. The van der Waals surface area contributed by atoms with Crippen molar-refractivity contribution >= 4 is 39.2 Å². The molecule has 8 nitrogen and oxygen atoms in total. The fourth-order valence-electron chi connectivity index (χ4n) is 2.87. The van der Waals surface area contributed by atoms with Crippen LogP contribution in [-0.4, -0.2) is 49.3 Å². The van der Waals surface area contributed by atoms with Crippen molar-refractivity contribution in [2.75, 3.05) is 25.0 Å². The van der Waals surface area contributed by atoms with Gasteiger partial charge in [0.15, 0.2) is 6.61 Å². The van der Waals surface area contributed by atoms with E-state index in [1.807, 2.05) is 0 Å². The fourth-order valence-corrected chi connectivity index (χ4v) is 4.50. The summed E-state index contributed by atoms with van der Waals surface area (Å²) in [4.78, 5) is 27.8. The third-order valence-electron chi connectivity index (χ3n) is 4.39. The van der Waals surface area contributed by atoms with Gasteiger partial charge in [0.05, 0.1) is 10.5 Å². The quantitative estimate of drug-likeness (QED) is 0.550. The van der Waals surface area contributed by atoms with Crippen LogP contribution in [0.2, 0.25) is 5.15 Å². The first-order valence-electron chi connectivity index (χ1n) is 9.05. The fraction of sp³-hybridized carbons (Fsp3) is 0.316. The standard InChI is InChI=1S/C19H20ClN3O5S/c20-17-9-4-14(12-21-17)19(25)28-13-18(24)22-15-5-7-16(8-6-15)29(26,27)23-10-2-1-3-11-23/h4-9,12H,1-3,10-11,13H2,(H,22,24). The van der Waals surface area contributed by atoms with Gasteiger partial charge in [0.1, 0.15) is 5.15 Å². The lowest BCUT2D eigenvalue weighted by atomic mass is 10.2. The van der Waals surface area contributed by atoms with Gasteiger partial charge in [0.2, 0.25) is 10.0 Å². The molecule has 1 saturated heterocycles. The molecule has 1 N–H and O–H groups in total. The third-order valence-corrected chi connectivity index (χ3v) is 6.52. The molecule has 29 heavy (non-hydrogen) atoms. The number of nitrogens with zero attached hydrogens (tertiary/aromatic N) is 2. The van der Waals surface area contributed by atoms with Crippen LogP contribution in [0.5, 0.6) is 0 Å². The van der Waals surface area contributed by atoms with Crippen LogP contribution < -0.4 is 5.32 Å². The predicted octanol–water partition coefficient (Wildman–Crippen LogP) is 2.71. The summed E-state index contributed by atoms with van der Waals surface area (Å²) in [5.41, 5.74) is 0.575. The first kappa shape index (κ1) is 21.2. The molecule has 1 aliphatic heterocycles. The number of ether oxygens (including phenoxy) is 1. The summed E-state index contributed by atoms with van der Waals surface area (Å²) in [6.07, 6.45) is 4.01. The number of esters is 1. The molecule has 0 bridgehead atoms. The topological polar surface area (TPSA) is 106 Å². The molecule has 2 heterocycles. The molecule has 0 radical (unpaired) electrons. The minimum absolute atomic E-state index is 0.175. The molecule has 0 spiro atoms. The number of rotatable bonds is 6. The van der Waals surface area contributed by atoms with Crippen molar-refractivity contribution in [3.8, 4) is 0 Å². The van der Waals surface area contributed by atoms with E-state index in [0.29, 0.717) is 18.8 Å². The molecular weight excluding hydrogens is 418 g/mol. The molecule has 1 amide bonds. The first-order chi connectivity index (χ1) is 13.9. The molecule has 2 aromatic rings. The third kappa shape index (κ3) is 5.53. The summed E-state index contributed by atoms with van der Waals surface area (Å²) in [5, 5.41) is 2.80. The molecule has 0 unspecified atom stereocenters. The second kappa shape index (κ2) is 9.34. The highest BCUT2D eigenvalue weighted by Gasteiger charge is 2.25. The Morgan fingerprint density at radius 1 is 1.07 bits per heavy atom. The number of amides is 1. The number of carbonyl (C=O) groups excluding carboxylic acids is 2. The zero-order valence-corrected chi connectivity index (χ0v) is 17.1. The largest absolute Gasteiger partial charge is 0.452 e. The van der Waals surface area contributed by atoms with Crippen LogP contribution in [0, 0.1) is 0 Å². The average molecular weight is 438 g/mol. The number of carbonyl (C=O) groups is 2. The summed E-state index contributed by atoms with van der Waals surface area (Å²) in [5.74, 6) is -1.25. The summed E-state index contributed by atoms with van der Waals surface area (Å²) < 4.78 is 31.6. The second-order valence-corrected chi connectivity index (χ2v) is 8.81. The summed E-state index contributed by atoms with van der Waals surface area (Å²) >= 11 is 5.65. The molecule has 3 rings (SSSR count). The highest BCUT2D eigenvalue weighted by Crippen LogP contribution is 2.22. The van der Waals surface area contributed by atoms with Crippen molar-refractivity contribution < 1.29 is 22.7 Å². The maximum atomic E-state index is 12.6. The van der Waals surface area contributed by atoms with Crippen LogP contribution in [0.4, 0.5) is 5.69 Å². The van der Waals surface area contributed by atoms with Crippen molar-refractivity contribution in [1.29, 1.82) is 0 Å². The minimum atomic E-state index is -3.53. The van der Waals surface area contributed by atoms with Crippen LogP contribution in [0.1, 0.15) is 29.6 Å². The number of hydrogen-bond acceptors (Lipinski definition) is 6. The SMILES string of the molecule is O=C(COC(=O)c1ccc(Cl)nc1)Nc1ccc(S(=O)(=O)N2CCCCC2)cc1. The number of sulfonamides is 1. The Morgan fingerprint density at radius 2 is 1.76 bits per heavy atom. The maximum Gasteiger partial charge on any atom is 0.340 e. The normalized spacial score (nSPS) is 14.9. The molecule has 1 aromatic heterocycles. The van der Waals surface area contributed by atoms with E-state index in [1.165, 1.54) is 46.9 Å². The van der Waals surface area contributed by atoms with Crippen LogP contribution >= 0.6 is 11.6 Å². The Hall–Kier alpha value is -2.49. The number of hydrogen-bond donors (Lipinski definition) is 1. The van der Waals surface area contributed by atoms with Crippen LogP contribution in [-0.2, 0) is 19.6 Å². The number of piperidine rings is 1. The van der Waals surface area contributed by atoms with E-state index in [4.69, 9.17) is 16.3 Å². The number of halogens is 1. The van der Waals surface area contributed by atoms with E-state index in [9.17, 15) is 18.0 Å². The highest BCUT2D eigenvalue weighted by molar-refractivity contribution is 7.89. The van der Waals surface area contributed by atoms with Crippen molar-refractivity contribution in [3.63, 3.8) is 0 Å². The molecule has 1 fully saturated rings. The lowest BCUT2D eigenvalue weighted by Gasteiger charge is -2.25. The predicted molar refractivity (Wildman–Crippen MR) is 107 cm³/mol. The van der Waals surface area contributed by atoms with E-state index in [1.54, 1.807) is 0 Å². The zero-order valence-electron chi connectivity index (χ0n) is 15.5. The van der Waals surface area contributed by atoms with Gasteiger partial charge in [-0.15, -0.1) is 0 Å². The van der Waals surface area contributed by atoms with E-state index >= 15 is 0 Å². The lowest BCUT2D eigenvalue weighted by molar-refractivity contribution is -0.119. The Balaban J connectivity index is 1.54. The van der Waals surface area contributed by atoms with E-state index < -0.39 is 28.5 Å².